The standard InChI is InChI=1S/C23H30N4O6S/c1-6-27(7-2)34(30,31)17-8-9-20-19(13-17)25-21(26(20)4)10-11-22(28)24-14-16-12-18(15(3)33-16)23(29)32-5/h8-9,12-13H,6-7,10-11,14H2,1-5H3,(H,24,28). The smallest absolute Gasteiger partial charge is 0.341 e. The lowest BCUT2D eigenvalue weighted by atomic mass is 10.2. The molecule has 0 atom stereocenters. The molecule has 11 heteroatoms. The molecule has 1 N–H and O–H groups in total. The minimum atomic E-state index is -3.58. The Morgan fingerprint density at radius 2 is 1.91 bits per heavy atom. The lowest BCUT2D eigenvalue weighted by Crippen LogP contribution is -2.30. The number of sulfonamides is 1. The number of rotatable bonds is 10. The maximum Gasteiger partial charge on any atom is 0.341 e. The first-order chi connectivity index (χ1) is 16.1. The number of ether oxygens (including phenoxy) is 1. The molecule has 1 amide bonds. The van der Waals surface area contributed by atoms with Gasteiger partial charge in [-0.15, -0.1) is 0 Å². The quantitative estimate of drug-likeness (QED) is 0.433. The second kappa shape index (κ2) is 10.4. The van der Waals surface area contributed by atoms with Gasteiger partial charge < -0.3 is 19.0 Å². The van der Waals surface area contributed by atoms with Crippen molar-refractivity contribution in [2.45, 2.75) is 45.1 Å². The van der Waals surface area contributed by atoms with Crippen LogP contribution in [-0.2, 0) is 39.6 Å². The topological polar surface area (TPSA) is 124 Å². The molecule has 0 bridgehead atoms. The Bertz CT molecular complexity index is 1300. The van der Waals surface area contributed by atoms with Gasteiger partial charge in [0.1, 0.15) is 22.9 Å². The third-order valence-corrected chi connectivity index (χ3v) is 7.74. The molecule has 0 saturated heterocycles. The molecule has 0 aliphatic rings. The fourth-order valence-corrected chi connectivity index (χ4v) is 5.25. The molecule has 0 fully saturated rings. The Hall–Kier alpha value is -3.18. The highest BCUT2D eigenvalue weighted by Gasteiger charge is 2.23. The number of esters is 1. The summed E-state index contributed by atoms with van der Waals surface area (Å²) in [5.41, 5.74) is 1.68. The van der Waals surface area contributed by atoms with E-state index in [0.717, 1.165) is 5.52 Å². The normalized spacial score (nSPS) is 11.8. The number of fused-ring (bicyclic) bond motifs is 1. The van der Waals surface area contributed by atoms with Crippen LogP contribution in [0, 0.1) is 6.92 Å². The number of methoxy groups -OCH3 is 1. The van der Waals surface area contributed by atoms with E-state index in [4.69, 9.17) is 9.15 Å². The molecule has 0 aliphatic carbocycles. The van der Waals surface area contributed by atoms with Gasteiger partial charge in [0, 0.05) is 33.0 Å². The number of aryl methyl sites for hydroxylation is 3. The lowest BCUT2D eigenvalue weighted by Gasteiger charge is -2.18. The van der Waals surface area contributed by atoms with E-state index in [1.165, 1.54) is 11.4 Å². The van der Waals surface area contributed by atoms with Crippen LogP contribution in [0.2, 0.25) is 0 Å². The molecule has 0 aliphatic heterocycles. The van der Waals surface area contributed by atoms with Crippen molar-refractivity contribution in [2.24, 2.45) is 7.05 Å². The van der Waals surface area contributed by atoms with Crippen molar-refractivity contribution in [3.05, 3.63) is 47.2 Å². The highest BCUT2D eigenvalue weighted by atomic mass is 32.2. The van der Waals surface area contributed by atoms with Gasteiger partial charge in [-0.1, -0.05) is 13.8 Å². The number of hydrogen-bond acceptors (Lipinski definition) is 7. The van der Waals surface area contributed by atoms with E-state index in [2.05, 4.69) is 10.3 Å². The summed E-state index contributed by atoms with van der Waals surface area (Å²) in [6.07, 6.45) is 0.561. The number of carbonyl (C=O) groups is 2. The van der Waals surface area contributed by atoms with Gasteiger partial charge in [0.2, 0.25) is 15.9 Å². The lowest BCUT2D eigenvalue weighted by molar-refractivity contribution is -0.121. The van der Waals surface area contributed by atoms with Crippen LogP contribution in [0.1, 0.15) is 48.0 Å². The summed E-state index contributed by atoms with van der Waals surface area (Å²) in [6.45, 7) is 6.18. The Kier molecular flexibility index (Phi) is 7.78. The first-order valence-corrected chi connectivity index (χ1v) is 12.5. The first-order valence-electron chi connectivity index (χ1n) is 11.0. The highest BCUT2D eigenvalue weighted by Crippen LogP contribution is 2.23. The Balaban J connectivity index is 1.67. The van der Waals surface area contributed by atoms with E-state index in [9.17, 15) is 18.0 Å². The maximum atomic E-state index is 12.8. The van der Waals surface area contributed by atoms with Crippen LogP contribution < -0.4 is 5.32 Å². The minimum Gasteiger partial charge on any atom is -0.465 e. The number of benzene rings is 1. The Labute approximate surface area is 198 Å². The van der Waals surface area contributed by atoms with Crippen molar-refractivity contribution in [1.29, 1.82) is 0 Å². The maximum absolute atomic E-state index is 12.8. The summed E-state index contributed by atoms with van der Waals surface area (Å²) >= 11 is 0. The van der Waals surface area contributed by atoms with Gasteiger partial charge in [-0.25, -0.2) is 18.2 Å². The fourth-order valence-electron chi connectivity index (χ4n) is 3.77. The number of hydrogen-bond donors (Lipinski definition) is 1. The predicted molar refractivity (Wildman–Crippen MR) is 126 cm³/mol. The van der Waals surface area contributed by atoms with Gasteiger partial charge in [0.05, 0.1) is 29.6 Å². The SMILES string of the molecule is CCN(CC)S(=O)(=O)c1ccc2c(c1)nc(CCC(=O)NCc1cc(C(=O)OC)c(C)o1)n2C. The molecule has 0 saturated carbocycles. The zero-order valence-corrected chi connectivity index (χ0v) is 20.9. The minimum absolute atomic E-state index is 0.145. The van der Waals surface area contributed by atoms with Crippen molar-refractivity contribution in [3.8, 4) is 0 Å². The van der Waals surface area contributed by atoms with Gasteiger partial charge in [0.25, 0.3) is 0 Å². The van der Waals surface area contributed by atoms with Crippen LogP contribution in [0.4, 0.5) is 0 Å². The third-order valence-electron chi connectivity index (χ3n) is 5.70. The van der Waals surface area contributed by atoms with Gasteiger partial charge in [-0.05, 0) is 31.2 Å². The van der Waals surface area contributed by atoms with Gasteiger partial charge in [-0.3, -0.25) is 4.79 Å². The van der Waals surface area contributed by atoms with Crippen molar-refractivity contribution in [3.63, 3.8) is 0 Å². The van der Waals surface area contributed by atoms with Crippen LogP contribution in [-0.4, -0.2) is 54.3 Å². The summed E-state index contributed by atoms with van der Waals surface area (Å²) < 4.78 is 39.1. The van der Waals surface area contributed by atoms with Crippen molar-refractivity contribution < 1.29 is 27.2 Å². The number of nitrogens with zero attached hydrogens (tertiary/aromatic N) is 3. The van der Waals surface area contributed by atoms with E-state index in [1.807, 2.05) is 11.6 Å². The zero-order chi connectivity index (χ0) is 25.0. The van der Waals surface area contributed by atoms with Crippen LogP contribution in [0.5, 0.6) is 0 Å². The molecular formula is C23H30N4O6S. The second-order valence-electron chi connectivity index (χ2n) is 7.78. The molecule has 10 nitrogen and oxygen atoms in total. The Morgan fingerprint density at radius 3 is 2.56 bits per heavy atom. The molecule has 184 valence electrons. The number of furan rings is 1. The summed E-state index contributed by atoms with van der Waals surface area (Å²) in [7, 11) is -0.454. The van der Waals surface area contributed by atoms with Crippen LogP contribution >= 0.6 is 0 Å². The zero-order valence-electron chi connectivity index (χ0n) is 20.0. The van der Waals surface area contributed by atoms with Gasteiger partial charge in [0.15, 0.2) is 0 Å². The van der Waals surface area contributed by atoms with Crippen LogP contribution in [0.25, 0.3) is 11.0 Å². The summed E-state index contributed by atoms with van der Waals surface area (Å²) in [5.74, 6) is 0.859. The fraction of sp³-hybridized carbons (Fsp3) is 0.435. The molecule has 34 heavy (non-hydrogen) atoms. The molecule has 0 spiro atoms. The van der Waals surface area contributed by atoms with Gasteiger partial charge in [-0.2, -0.15) is 4.31 Å². The monoisotopic (exact) mass is 490 g/mol. The van der Waals surface area contributed by atoms with E-state index in [0.29, 0.717) is 47.9 Å². The predicted octanol–water partition coefficient (Wildman–Crippen LogP) is 2.54. The molecule has 2 aromatic heterocycles. The average molecular weight is 491 g/mol. The average Bonchev–Trinajstić information content (AvgIpc) is 3.35. The van der Waals surface area contributed by atoms with Crippen molar-refractivity contribution >= 4 is 32.9 Å². The van der Waals surface area contributed by atoms with E-state index >= 15 is 0 Å². The Morgan fingerprint density at radius 1 is 1.21 bits per heavy atom. The second-order valence-corrected chi connectivity index (χ2v) is 9.72. The summed E-state index contributed by atoms with van der Waals surface area (Å²) in [6, 6.07) is 6.45. The van der Waals surface area contributed by atoms with E-state index in [1.54, 1.807) is 45.0 Å². The summed E-state index contributed by atoms with van der Waals surface area (Å²) in [5, 5.41) is 2.77. The molecular weight excluding hydrogens is 460 g/mol. The third kappa shape index (κ3) is 5.15. The molecule has 0 unspecified atom stereocenters. The van der Waals surface area contributed by atoms with Crippen LogP contribution in [0.3, 0.4) is 0 Å². The number of carbonyl (C=O) groups excluding carboxylic acids is 2. The van der Waals surface area contributed by atoms with E-state index in [-0.39, 0.29) is 23.8 Å². The van der Waals surface area contributed by atoms with Crippen molar-refractivity contribution in [2.75, 3.05) is 20.2 Å². The van der Waals surface area contributed by atoms with Crippen molar-refractivity contribution in [1.82, 2.24) is 19.2 Å². The largest absolute Gasteiger partial charge is 0.465 e. The molecule has 1 aromatic carbocycles. The summed E-state index contributed by atoms with van der Waals surface area (Å²) in [4.78, 5) is 28.8. The highest BCUT2D eigenvalue weighted by molar-refractivity contribution is 7.89. The molecule has 2 heterocycles. The molecule has 0 radical (unpaired) electrons. The van der Waals surface area contributed by atoms with Crippen LogP contribution in [0.15, 0.2) is 33.6 Å². The number of aromatic nitrogens is 2. The number of imidazole rings is 1. The van der Waals surface area contributed by atoms with E-state index < -0.39 is 16.0 Å². The molecule has 3 rings (SSSR count). The van der Waals surface area contributed by atoms with Gasteiger partial charge >= 0.3 is 5.97 Å². The molecule has 3 aromatic rings. The number of nitrogens with one attached hydrogen (secondary N) is 1. The first kappa shape index (κ1) is 25.4. The number of amides is 1.